The molecule has 0 amide bonds. The topological polar surface area (TPSA) is 125 Å². The Morgan fingerprint density at radius 1 is 1.23 bits per heavy atom. The molecule has 0 aromatic rings. The summed E-state index contributed by atoms with van der Waals surface area (Å²) in [5.41, 5.74) is -2.84. The van der Waals surface area contributed by atoms with E-state index in [1.165, 1.54) is 13.8 Å². The average molecular weight is 336 g/mol. The molecule has 5 unspecified atom stereocenters. The molecule has 124 valence electrons. The molecule has 0 aromatic heterocycles. The molecule has 0 aliphatic carbocycles. The van der Waals surface area contributed by atoms with Gasteiger partial charge in [-0.15, -0.1) is 0 Å². The van der Waals surface area contributed by atoms with E-state index in [2.05, 4.69) is 0 Å². The Morgan fingerprint density at radius 2 is 1.82 bits per heavy atom. The molecule has 3 aliphatic heterocycles. The molecule has 1 N–H and O–H groups in total. The summed E-state index contributed by atoms with van der Waals surface area (Å²) in [6.07, 6.45) is -2.59. The Morgan fingerprint density at radius 3 is 2.41 bits per heavy atom. The maximum absolute atomic E-state index is 12.1. The monoisotopic (exact) mass is 336 g/mol. The van der Waals surface area contributed by atoms with Crippen molar-refractivity contribution in [3.63, 3.8) is 0 Å². The van der Waals surface area contributed by atoms with Crippen LogP contribution in [0.2, 0.25) is 0 Å². The Bertz CT molecular complexity index is 629. The second kappa shape index (κ2) is 4.63. The smallest absolute Gasteiger partial charge is 0.302 e. The zero-order valence-electron chi connectivity index (χ0n) is 12.0. The molecule has 3 heterocycles. The van der Waals surface area contributed by atoms with Gasteiger partial charge in [0, 0.05) is 20.3 Å². The van der Waals surface area contributed by atoms with E-state index < -0.39 is 50.7 Å². The van der Waals surface area contributed by atoms with Crippen LogP contribution in [0.4, 0.5) is 0 Å². The molecule has 3 rings (SSSR count). The summed E-state index contributed by atoms with van der Waals surface area (Å²) in [6, 6.07) is 0. The first-order valence-electron chi connectivity index (χ1n) is 6.70. The molecule has 0 radical (unpaired) electrons. The minimum Gasteiger partial charge on any atom is -0.463 e. The van der Waals surface area contributed by atoms with Crippen molar-refractivity contribution >= 4 is 22.1 Å². The van der Waals surface area contributed by atoms with Crippen LogP contribution in [-0.2, 0) is 38.1 Å². The van der Waals surface area contributed by atoms with E-state index in [0.29, 0.717) is 0 Å². The van der Waals surface area contributed by atoms with Crippen LogP contribution in [-0.4, -0.2) is 67.3 Å². The molecule has 5 atom stereocenters. The van der Waals surface area contributed by atoms with E-state index in [0.717, 1.165) is 0 Å². The lowest BCUT2D eigenvalue weighted by molar-refractivity contribution is -0.163. The third kappa shape index (κ3) is 1.98. The Labute approximate surface area is 126 Å². The van der Waals surface area contributed by atoms with Gasteiger partial charge < -0.3 is 19.3 Å². The SMILES string of the molecule is CC(=O)OCC12CC3C(COC(C)=O)(O1)C(OS3(=O)=O)C2O. The van der Waals surface area contributed by atoms with Crippen LogP contribution < -0.4 is 0 Å². The first-order valence-corrected chi connectivity index (χ1v) is 8.17. The summed E-state index contributed by atoms with van der Waals surface area (Å²) in [5.74, 6) is -1.18. The fraction of sp³-hybridized carbons (Fsp3) is 0.833. The summed E-state index contributed by atoms with van der Waals surface area (Å²) < 4.78 is 44.7. The number of carbonyl (C=O) groups is 2. The van der Waals surface area contributed by atoms with Gasteiger partial charge in [0.2, 0.25) is 0 Å². The van der Waals surface area contributed by atoms with Crippen molar-refractivity contribution in [2.75, 3.05) is 13.2 Å². The van der Waals surface area contributed by atoms with E-state index in [1.807, 2.05) is 0 Å². The molecule has 0 aromatic carbocycles. The predicted octanol–water partition coefficient (Wildman–Crippen LogP) is -1.52. The van der Waals surface area contributed by atoms with Gasteiger partial charge in [-0.05, 0) is 0 Å². The van der Waals surface area contributed by atoms with Crippen molar-refractivity contribution < 1.29 is 41.5 Å². The van der Waals surface area contributed by atoms with Crippen molar-refractivity contribution in [1.82, 2.24) is 0 Å². The van der Waals surface area contributed by atoms with Crippen LogP contribution >= 0.6 is 0 Å². The second-order valence-corrected chi connectivity index (χ2v) is 7.58. The predicted molar refractivity (Wildman–Crippen MR) is 68.0 cm³/mol. The summed E-state index contributed by atoms with van der Waals surface area (Å²) in [7, 11) is -3.96. The molecule has 2 bridgehead atoms. The van der Waals surface area contributed by atoms with Crippen LogP contribution in [0.3, 0.4) is 0 Å². The minimum absolute atomic E-state index is 0.0957. The summed E-state index contributed by atoms with van der Waals surface area (Å²) in [6.45, 7) is 1.73. The highest BCUT2D eigenvalue weighted by Crippen LogP contribution is 2.59. The molecule has 0 spiro atoms. The molecular formula is C12H16O9S. The molecular weight excluding hydrogens is 320 g/mol. The van der Waals surface area contributed by atoms with E-state index in [9.17, 15) is 23.1 Å². The van der Waals surface area contributed by atoms with Crippen molar-refractivity contribution in [3.8, 4) is 0 Å². The number of hydrogen-bond donors (Lipinski definition) is 1. The maximum Gasteiger partial charge on any atom is 0.302 e. The number of carbonyl (C=O) groups excluding carboxylic acids is 2. The van der Waals surface area contributed by atoms with E-state index in [4.69, 9.17) is 18.4 Å². The quantitative estimate of drug-likeness (QED) is 0.481. The number of esters is 2. The highest BCUT2D eigenvalue weighted by molar-refractivity contribution is 7.87. The lowest BCUT2D eigenvalue weighted by Gasteiger charge is -2.30. The number of ether oxygens (including phenoxy) is 3. The van der Waals surface area contributed by atoms with Gasteiger partial charge in [-0.3, -0.25) is 13.8 Å². The highest BCUT2D eigenvalue weighted by atomic mass is 32.2. The zero-order chi connectivity index (χ0) is 16.3. The van der Waals surface area contributed by atoms with Crippen molar-refractivity contribution in [3.05, 3.63) is 0 Å². The summed E-state index contributed by atoms with van der Waals surface area (Å²) >= 11 is 0. The normalized spacial score (nSPS) is 44.0. The van der Waals surface area contributed by atoms with E-state index in [1.54, 1.807) is 0 Å². The fourth-order valence-electron chi connectivity index (χ4n) is 3.45. The lowest BCUT2D eigenvalue weighted by atomic mass is 9.78. The molecule has 3 saturated heterocycles. The highest BCUT2D eigenvalue weighted by Gasteiger charge is 2.80. The number of fused-ring (bicyclic) bond motifs is 1. The average Bonchev–Trinajstić information content (AvgIpc) is 2.91. The van der Waals surface area contributed by atoms with Gasteiger partial charge in [0.15, 0.2) is 5.60 Å². The lowest BCUT2D eigenvalue weighted by Crippen LogP contribution is -2.55. The summed E-state index contributed by atoms with van der Waals surface area (Å²) in [5, 5.41) is 9.31. The largest absolute Gasteiger partial charge is 0.463 e. The van der Waals surface area contributed by atoms with Gasteiger partial charge >= 0.3 is 11.9 Å². The Hall–Kier alpha value is -1.23. The maximum atomic E-state index is 12.1. The van der Waals surface area contributed by atoms with Crippen LogP contribution in [0.25, 0.3) is 0 Å². The van der Waals surface area contributed by atoms with E-state index >= 15 is 0 Å². The molecule has 10 heteroatoms. The van der Waals surface area contributed by atoms with Gasteiger partial charge in [-0.25, -0.2) is 0 Å². The van der Waals surface area contributed by atoms with Gasteiger partial charge in [0.05, 0.1) is 0 Å². The Balaban J connectivity index is 1.94. The van der Waals surface area contributed by atoms with Gasteiger partial charge in [-0.1, -0.05) is 0 Å². The van der Waals surface area contributed by atoms with Gasteiger partial charge in [0.25, 0.3) is 10.1 Å². The van der Waals surface area contributed by atoms with Crippen LogP contribution in [0.1, 0.15) is 20.3 Å². The van der Waals surface area contributed by atoms with Crippen LogP contribution in [0, 0.1) is 0 Å². The van der Waals surface area contributed by atoms with Crippen LogP contribution in [0.15, 0.2) is 0 Å². The zero-order valence-corrected chi connectivity index (χ0v) is 12.8. The molecule has 3 fully saturated rings. The first kappa shape index (κ1) is 15.7. The Kier molecular flexibility index (Phi) is 3.30. The fourth-order valence-corrected chi connectivity index (χ4v) is 5.36. The van der Waals surface area contributed by atoms with Crippen molar-refractivity contribution in [2.24, 2.45) is 0 Å². The van der Waals surface area contributed by atoms with Gasteiger partial charge in [-0.2, -0.15) is 8.42 Å². The van der Waals surface area contributed by atoms with Crippen LogP contribution in [0.5, 0.6) is 0 Å². The standard InChI is InChI=1S/C12H16O9S/c1-6(13)18-4-11-3-8-12(21-11,5-19-7(2)14)10(9(11)15)20-22(8,16)17/h8-10,15H,3-5H2,1-2H3. The molecule has 22 heavy (non-hydrogen) atoms. The number of aliphatic hydroxyl groups excluding tert-OH is 1. The number of rotatable bonds is 4. The summed E-state index contributed by atoms with van der Waals surface area (Å²) in [4.78, 5) is 22.0. The van der Waals surface area contributed by atoms with Crippen molar-refractivity contribution in [1.29, 1.82) is 0 Å². The minimum atomic E-state index is -3.96. The first-order chi connectivity index (χ1) is 10.1. The van der Waals surface area contributed by atoms with Gasteiger partial charge in [0.1, 0.15) is 36.3 Å². The third-order valence-corrected chi connectivity index (χ3v) is 6.12. The molecule has 3 aliphatic rings. The van der Waals surface area contributed by atoms with E-state index in [-0.39, 0.29) is 19.6 Å². The molecule has 0 saturated carbocycles. The number of hydrogen-bond acceptors (Lipinski definition) is 9. The third-order valence-electron chi connectivity index (χ3n) is 4.38. The molecule has 9 nitrogen and oxygen atoms in total. The second-order valence-electron chi connectivity index (χ2n) is 5.83. The van der Waals surface area contributed by atoms with Crippen molar-refractivity contribution in [2.45, 2.75) is 48.9 Å². The number of aliphatic hydroxyl groups is 1.